The molecule has 4 aromatic rings. The number of aliphatic hydroxyl groups excluding tert-OH is 1. The largest absolute Gasteiger partial charge is 0.393 e. The summed E-state index contributed by atoms with van der Waals surface area (Å²) in [4.78, 5) is 22.4. The Labute approximate surface area is 234 Å². The van der Waals surface area contributed by atoms with Gasteiger partial charge in [-0.3, -0.25) is 8.98 Å². The van der Waals surface area contributed by atoms with Gasteiger partial charge in [0.2, 0.25) is 0 Å². The lowest BCUT2D eigenvalue weighted by Crippen LogP contribution is -2.24. The molecule has 2 aromatic carbocycles. The summed E-state index contributed by atoms with van der Waals surface area (Å²) in [7, 11) is -4.10. The Morgan fingerprint density at radius 3 is 2.82 bits per heavy atom. The van der Waals surface area contributed by atoms with Gasteiger partial charge in [-0.2, -0.15) is 8.42 Å². The molecule has 1 saturated carbocycles. The third-order valence-corrected chi connectivity index (χ3v) is 7.88. The number of aromatic nitrogens is 3. The highest BCUT2D eigenvalue weighted by molar-refractivity contribution is 9.10. The summed E-state index contributed by atoms with van der Waals surface area (Å²) in [5, 5.41) is 19.4. The summed E-state index contributed by atoms with van der Waals surface area (Å²) in [5.74, 6) is -0.309. The summed E-state index contributed by atoms with van der Waals surface area (Å²) in [6.45, 7) is 2.36. The topological polar surface area (TPSA) is 149 Å². The van der Waals surface area contributed by atoms with E-state index in [2.05, 4.69) is 40.0 Å². The van der Waals surface area contributed by atoms with E-state index in [-0.39, 0.29) is 18.4 Å². The molecule has 12 heteroatoms. The first kappa shape index (κ1) is 27.4. The zero-order valence-electron chi connectivity index (χ0n) is 21.1. The van der Waals surface area contributed by atoms with Gasteiger partial charge < -0.3 is 15.0 Å². The maximum atomic E-state index is 13.9. The van der Waals surface area contributed by atoms with Gasteiger partial charge in [0.05, 0.1) is 18.3 Å². The number of nitrogens with one attached hydrogen (secondary N) is 1. The number of aliphatic hydroxyl groups is 1. The monoisotopic (exact) mass is 613 g/mol. The Kier molecular flexibility index (Phi) is 7.83. The maximum absolute atomic E-state index is 13.9. The minimum atomic E-state index is -4.10. The summed E-state index contributed by atoms with van der Waals surface area (Å²) in [6, 6.07) is 13.8. The van der Waals surface area contributed by atoms with Crippen LogP contribution in [0.25, 0.3) is 10.9 Å². The fourth-order valence-corrected chi connectivity index (χ4v) is 5.90. The number of hydrogen-bond acceptors (Lipinski definition) is 8. The first-order valence-electron chi connectivity index (χ1n) is 12.4. The maximum Gasteiger partial charge on any atom is 0.333 e. The van der Waals surface area contributed by atoms with Crippen molar-refractivity contribution in [2.45, 2.75) is 38.5 Å². The molecule has 0 saturated heterocycles. The van der Waals surface area contributed by atoms with Gasteiger partial charge in [0.15, 0.2) is 5.78 Å². The fraction of sp³-hybridized carbons (Fsp3) is 0.296. The molecule has 0 unspecified atom stereocenters. The van der Waals surface area contributed by atoms with Gasteiger partial charge in [0.1, 0.15) is 12.1 Å². The molecule has 1 aliphatic carbocycles. The molecule has 0 radical (unpaired) electrons. The zero-order valence-corrected chi connectivity index (χ0v) is 23.5. The van der Waals surface area contributed by atoms with Crippen LogP contribution in [-0.4, -0.2) is 52.6 Å². The van der Waals surface area contributed by atoms with Gasteiger partial charge >= 0.3 is 10.3 Å². The van der Waals surface area contributed by atoms with Gasteiger partial charge in [-0.25, -0.2) is 15.1 Å². The average molecular weight is 615 g/mol. The van der Waals surface area contributed by atoms with Crippen molar-refractivity contribution in [2.75, 3.05) is 11.9 Å². The van der Waals surface area contributed by atoms with Crippen molar-refractivity contribution < 1.29 is 22.5 Å². The van der Waals surface area contributed by atoms with E-state index in [4.69, 9.17) is 5.14 Å². The second kappa shape index (κ2) is 11.1. The molecular weight excluding hydrogens is 586 g/mol. The van der Waals surface area contributed by atoms with Crippen molar-refractivity contribution in [3.8, 4) is 0 Å². The number of aryl methyl sites for hydroxylation is 1. The molecule has 2 heterocycles. The van der Waals surface area contributed by atoms with Crippen molar-refractivity contribution in [3.05, 3.63) is 87.9 Å². The number of fused-ring (bicyclic) bond motifs is 1. The van der Waals surface area contributed by atoms with Crippen molar-refractivity contribution in [3.63, 3.8) is 0 Å². The number of carbonyl (C=O) groups excluding carboxylic acids is 1. The van der Waals surface area contributed by atoms with Crippen LogP contribution in [0.3, 0.4) is 0 Å². The third-order valence-electron chi connectivity index (χ3n) is 6.92. The van der Waals surface area contributed by atoms with E-state index in [0.717, 1.165) is 26.5 Å². The normalized spacial score (nSPS) is 19.4. The number of anilines is 1. The zero-order chi connectivity index (χ0) is 27.7. The number of halogens is 1. The van der Waals surface area contributed by atoms with Gasteiger partial charge in [-0.05, 0) is 49.6 Å². The first-order chi connectivity index (χ1) is 18.6. The summed E-state index contributed by atoms with van der Waals surface area (Å²) >= 11 is 3.52. The molecule has 0 aliphatic heterocycles. The van der Waals surface area contributed by atoms with E-state index >= 15 is 0 Å². The molecule has 1 aliphatic rings. The standard InChI is InChI=1S/C27H28BrN5O5S/c1-16-5-6-24-21(7-16)23(13-33(24)12-17-3-2-4-19(28)8-17)26(35)22-11-30-15-31-27(22)32-20-9-18(25(34)10-20)14-38-39(29,36)37/h2-8,11,13,15,18,20,25,34H,9-10,12,14H2,1H3,(H2,29,36,37)(H,30,31,32)/t18-,20-,25+/m1/s1. The van der Waals surface area contributed by atoms with Crippen LogP contribution in [0.5, 0.6) is 0 Å². The van der Waals surface area contributed by atoms with E-state index < -0.39 is 22.3 Å². The number of nitrogens with two attached hydrogens (primary N) is 1. The molecule has 10 nitrogen and oxygen atoms in total. The van der Waals surface area contributed by atoms with Crippen molar-refractivity contribution >= 4 is 48.7 Å². The molecule has 4 N–H and O–H groups in total. The van der Waals surface area contributed by atoms with Crippen LogP contribution in [0.1, 0.15) is 39.9 Å². The van der Waals surface area contributed by atoms with Crippen LogP contribution in [0.4, 0.5) is 5.82 Å². The number of carbonyl (C=O) groups is 1. The van der Waals surface area contributed by atoms with Gasteiger partial charge in [-0.1, -0.05) is 39.7 Å². The predicted octanol–water partition coefficient (Wildman–Crippen LogP) is 3.55. The fourth-order valence-electron chi connectivity index (χ4n) is 5.09. The lowest BCUT2D eigenvalue weighted by atomic mass is 10.0. The van der Waals surface area contributed by atoms with Crippen LogP contribution in [-0.2, 0) is 21.0 Å². The summed E-state index contributed by atoms with van der Waals surface area (Å²) in [6.07, 6.45) is 4.67. The smallest absolute Gasteiger partial charge is 0.333 e. The van der Waals surface area contributed by atoms with Crippen LogP contribution < -0.4 is 10.5 Å². The Morgan fingerprint density at radius 1 is 1.23 bits per heavy atom. The second-order valence-corrected chi connectivity index (χ2v) is 12.0. The van der Waals surface area contributed by atoms with E-state index in [1.165, 1.54) is 12.5 Å². The Morgan fingerprint density at radius 2 is 2.05 bits per heavy atom. The SMILES string of the molecule is Cc1ccc2c(c1)c(C(=O)c1cncnc1N[C@@H]1C[C@H](COS(N)(=O)=O)[C@@H](O)C1)cn2Cc1cccc(Br)c1. The number of rotatable bonds is 9. The highest BCUT2D eigenvalue weighted by Crippen LogP contribution is 2.31. The predicted molar refractivity (Wildman–Crippen MR) is 151 cm³/mol. The van der Waals surface area contributed by atoms with Crippen molar-refractivity contribution in [2.24, 2.45) is 11.1 Å². The Hall–Kier alpha value is -3.16. The molecular formula is C27H28BrN5O5S. The second-order valence-electron chi connectivity index (χ2n) is 9.85. The van der Waals surface area contributed by atoms with Crippen LogP contribution in [0.2, 0.25) is 0 Å². The highest BCUT2D eigenvalue weighted by atomic mass is 79.9. The molecule has 0 amide bonds. The average Bonchev–Trinajstić information content (AvgIpc) is 3.41. The molecule has 204 valence electrons. The van der Waals surface area contributed by atoms with Crippen LogP contribution in [0.15, 0.2) is 65.7 Å². The van der Waals surface area contributed by atoms with Gasteiger partial charge in [0, 0.05) is 51.8 Å². The molecule has 5 rings (SSSR count). The van der Waals surface area contributed by atoms with E-state index in [0.29, 0.717) is 36.3 Å². The lowest BCUT2D eigenvalue weighted by molar-refractivity contribution is 0.101. The Balaban J connectivity index is 1.42. The van der Waals surface area contributed by atoms with Crippen LogP contribution >= 0.6 is 15.9 Å². The van der Waals surface area contributed by atoms with Crippen LogP contribution in [0, 0.1) is 12.8 Å². The molecule has 39 heavy (non-hydrogen) atoms. The van der Waals surface area contributed by atoms with Crippen molar-refractivity contribution in [1.29, 1.82) is 0 Å². The number of benzene rings is 2. The highest BCUT2D eigenvalue weighted by Gasteiger charge is 2.35. The minimum Gasteiger partial charge on any atom is -0.393 e. The lowest BCUT2D eigenvalue weighted by Gasteiger charge is -2.15. The number of ketones is 1. The molecule has 1 fully saturated rings. The quantitative estimate of drug-likeness (QED) is 0.243. The van der Waals surface area contributed by atoms with Gasteiger partial charge in [-0.15, -0.1) is 0 Å². The van der Waals surface area contributed by atoms with E-state index in [1.54, 1.807) is 0 Å². The summed E-state index contributed by atoms with van der Waals surface area (Å²) in [5.41, 5.74) is 3.90. The van der Waals surface area contributed by atoms with E-state index in [9.17, 15) is 18.3 Å². The summed E-state index contributed by atoms with van der Waals surface area (Å²) < 4.78 is 30.0. The molecule has 2 aromatic heterocycles. The Bertz CT molecular complexity index is 1640. The van der Waals surface area contributed by atoms with Crippen molar-refractivity contribution in [1.82, 2.24) is 14.5 Å². The molecule has 0 spiro atoms. The van der Waals surface area contributed by atoms with E-state index in [1.807, 2.05) is 55.6 Å². The first-order valence-corrected chi connectivity index (χ1v) is 14.6. The molecule has 0 bridgehead atoms. The molecule has 3 atom stereocenters. The third kappa shape index (κ3) is 6.36. The minimum absolute atomic E-state index is 0.218. The van der Waals surface area contributed by atoms with Gasteiger partial charge in [0.25, 0.3) is 0 Å². The number of hydrogen-bond donors (Lipinski definition) is 3. The number of nitrogens with zero attached hydrogens (tertiary/aromatic N) is 3.